The minimum atomic E-state index is -1.39. The van der Waals surface area contributed by atoms with E-state index in [1.807, 2.05) is 0 Å². The predicted molar refractivity (Wildman–Crippen MR) is 69.3 cm³/mol. The minimum Gasteiger partial charge on any atom is -1.00 e. The van der Waals surface area contributed by atoms with Crippen LogP contribution in [0.2, 0.25) is 0 Å². The van der Waals surface area contributed by atoms with Crippen LogP contribution in [0.1, 0.15) is 40.5 Å². The van der Waals surface area contributed by atoms with E-state index in [0.717, 1.165) is 0 Å². The van der Waals surface area contributed by atoms with Crippen LogP contribution in [0.15, 0.2) is 42.2 Å². The van der Waals surface area contributed by atoms with Crippen molar-refractivity contribution in [2.75, 3.05) is 0 Å². The molecule has 18 heavy (non-hydrogen) atoms. The molecule has 0 amide bonds. The van der Waals surface area contributed by atoms with Gasteiger partial charge in [-0.25, -0.2) is 0 Å². The fourth-order valence-corrected chi connectivity index (χ4v) is 6.17. The van der Waals surface area contributed by atoms with Crippen molar-refractivity contribution in [1.82, 2.24) is 0 Å². The second kappa shape index (κ2) is 7.05. The van der Waals surface area contributed by atoms with Gasteiger partial charge in [0, 0.05) is 0 Å². The third kappa shape index (κ3) is 3.17. The van der Waals surface area contributed by atoms with Gasteiger partial charge in [-0.1, -0.05) is 0 Å². The van der Waals surface area contributed by atoms with Gasteiger partial charge in [0.05, 0.1) is 0 Å². The van der Waals surface area contributed by atoms with Crippen LogP contribution >= 0.6 is 0 Å². The van der Waals surface area contributed by atoms with Crippen molar-refractivity contribution in [3.63, 3.8) is 0 Å². The summed E-state index contributed by atoms with van der Waals surface area (Å²) < 4.78 is 3.38. The molecular weight excluding hydrogens is 299 g/mol. The van der Waals surface area contributed by atoms with E-state index in [1.54, 1.807) is 7.76 Å². The Labute approximate surface area is 129 Å². The van der Waals surface area contributed by atoms with Crippen LogP contribution in [-0.2, 0) is 17.4 Å². The zero-order valence-corrected chi connectivity index (χ0v) is 14.6. The summed E-state index contributed by atoms with van der Waals surface area (Å²) in [4.78, 5) is 4.56. The Balaban J connectivity index is 0.00000144. The molecule has 0 aromatic heterocycles. The number of hydrogen-bond acceptors (Lipinski definition) is 0. The quantitative estimate of drug-likeness (QED) is 0.532. The number of rotatable bonds is 2. The van der Waals surface area contributed by atoms with Crippen LogP contribution in [0.25, 0.3) is 0 Å². The van der Waals surface area contributed by atoms with E-state index in [-0.39, 0.29) is 24.8 Å². The maximum Gasteiger partial charge on any atom is -1.00 e. The summed E-state index contributed by atoms with van der Waals surface area (Å²) >= 11 is -1.39. The van der Waals surface area contributed by atoms with E-state index < -0.39 is 17.4 Å². The Kier molecular flexibility index (Phi) is 7.10. The summed E-state index contributed by atoms with van der Waals surface area (Å²) in [7, 11) is 0. The van der Waals surface area contributed by atoms with Crippen LogP contribution < -0.4 is 24.8 Å². The minimum absolute atomic E-state index is 0. The first-order chi connectivity index (χ1) is 7.52. The number of hydrogen-bond donors (Lipinski definition) is 0. The smallest absolute Gasteiger partial charge is 1.00 e. The molecule has 0 aliphatic heterocycles. The van der Waals surface area contributed by atoms with Gasteiger partial charge in [-0.15, -0.1) is 0 Å². The van der Waals surface area contributed by atoms with E-state index >= 15 is 0 Å². The predicted octanol–water partition coefficient (Wildman–Crippen LogP) is -1.71. The molecule has 0 heterocycles. The molecule has 0 radical (unpaired) electrons. The largest absolute Gasteiger partial charge is 1.00 e. The van der Waals surface area contributed by atoms with Crippen LogP contribution in [0.4, 0.5) is 0 Å². The van der Waals surface area contributed by atoms with Crippen molar-refractivity contribution in [2.24, 2.45) is 0 Å². The van der Waals surface area contributed by atoms with E-state index in [4.69, 9.17) is 0 Å². The molecule has 0 saturated heterocycles. The molecule has 0 nitrogen and oxygen atoms in total. The molecule has 0 saturated carbocycles. The molecule has 0 unspecified atom stereocenters. The topological polar surface area (TPSA) is 0 Å². The van der Waals surface area contributed by atoms with Gasteiger partial charge in [0.1, 0.15) is 0 Å². The molecule has 3 heteroatoms. The Bertz CT molecular complexity index is 447. The second-order valence-corrected chi connectivity index (χ2v) is 8.25. The normalized spacial score (nSPS) is 17.7. The Hall–Kier alpha value is 0.124. The van der Waals surface area contributed by atoms with Crippen LogP contribution in [0.5, 0.6) is 0 Å². The van der Waals surface area contributed by atoms with Gasteiger partial charge in [0.25, 0.3) is 0 Å². The average molecular weight is 319 g/mol. The molecule has 0 aromatic carbocycles. The van der Waals surface area contributed by atoms with Crippen molar-refractivity contribution >= 4 is 4.82 Å². The summed E-state index contributed by atoms with van der Waals surface area (Å²) in [6.07, 6.45) is 7.08. The molecule has 98 valence electrons. The molecule has 0 fully saturated rings. The third-order valence-corrected chi connectivity index (χ3v) is 8.13. The summed E-state index contributed by atoms with van der Waals surface area (Å²) in [5.41, 5.74) is 6.03. The van der Waals surface area contributed by atoms with Crippen molar-refractivity contribution < 1.29 is 42.2 Å². The SMILES string of the molecule is [CH2]=[Ti+2]([C]1=C(C)C(C)=CC1)[C]1=C(C)C(C)=CC1.[Cl-].[Cl-]. The van der Waals surface area contributed by atoms with Gasteiger partial charge in [-0.2, -0.15) is 0 Å². The number of halogens is 2. The molecular formula is C15H20Cl2Ti. The monoisotopic (exact) mass is 318 g/mol. The first kappa shape index (κ1) is 18.1. The summed E-state index contributed by atoms with van der Waals surface area (Å²) in [5.74, 6) is 0. The van der Waals surface area contributed by atoms with Gasteiger partial charge in [-0.05, 0) is 0 Å². The number of allylic oxidation sites excluding steroid dienone is 8. The van der Waals surface area contributed by atoms with E-state index in [9.17, 15) is 0 Å². The fourth-order valence-electron chi connectivity index (χ4n) is 2.48. The van der Waals surface area contributed by atoms with Gasteiger partial charge in [0.2, 0.25) is 0 Å². The van der Waals surface area contributed by atoms with Gasteiger partial charge in [0.15, 0.2) is 0 Å². The van der Waals surface area contributed by atoms with E-state index in [0.29, 0.717) is 0 Å². The Morgan fingerprint density at radius 1 is 0.833 bits per heavy atom. The van der Waals surface area contributed by atoms with Crippen molar-refractivity contribution in [3.8, 4) is 0 Å². The maximum atomic E-state index is 4.56. The average Bonchev–Trinajstić information content (AvgIpc) is 2.74. The Morgan fingerprint density at radius 3 is 1.39 bits per heavy atom. The van der Waals surface area contributed by atoms with Gasteiger partial charge >= 0.3 is 105 Å². The molecule has 0 aromatic rings. The second-order valence-electron chi connectivity index (χ2n) is 4.87. The fraction of sp³-hybridized carbons (Fsp3) is 0.400. The first-order valence-corrected chi connectivity index (χ1v) is 8.62. The third-order valence-electron chi connectivity index (χ3n) is 4.04. The summed E-state index contributed by atoms with van der Waals surface area (Å²) in [6, 6.07) is 0. The molecule has 2 rings (SSSR count). The molecule has 0 atom stereocenters. The molecule has 2 aliphatic carbocycles. The van der Waals surface area contributed by atoms with Gasteiger partial charge in [-0.3, -0.25) is 0 Å². The van der Waals surface area contributed by atoms with E-state index in [1.165, 1.54) is 35.1 Å². The zero-order chi connectivity index (χ0) is 11.9. The van der Waals surface area contributed by atoms with Crippen molar-refractivity contribution in [1.29, 1.82) is 0 Å². The summed E-state index contributed by atoms with van der Waals surface area (Å²) in [6.45, 7) is 9.01. The van der Waals surface area contributed by atoms with Crippen molar-refractivity contribution in [3.05, 3.63) is 42.2 Å². The van der Waals surface area contributed by atoms with Crippen LogP contribution in [0.3, 0.4) is 0 Å². The Morgan fingerprint density at radius 2 is 1.17 bits per heavy atom. The zero-order valence-electron chi connectivity index (χ0n) is 11.5. The molecule has 0 spiro atoms. The molecule has 2 aliphatic rings. The van der Waals surface area contributed by atoms with Crippen LogP contribution in [-0.4, -0.2) is 4.82 Å². The molecule has 0 bridgehead atoms. The summed E-state index contributed by atoms with van der Waals surface area (Å²) in [5, 5.41) is 0. The standard InChI is InChI=1S/2C7H9.CH2.2ClH.Ti/c2*1-6-4-3-5-7(6)2;;;;/h2*4H,3H2,1-2H3;1H2;2*1H;/q;;;;;+2/p-2. The van der Waals surface area contributed by atoms with Crippen molar-refractivity contribution in [2.45, 2.75) is 40.5 Å². The van der Waals surface area contributed by atoms with Crippen LogP contribution in [0, 0.1) is 0 Å². The van der Waals surface area contributed by atoms with E-state index in [2.05, 4.69) is 44.7 Å². The first-order valence-electron chi connectivity index (χ1n) is 5.95. The van der Waals surface area contributed by atoms with Gasteiger partial charge < -0.3 is 24.8 Å². The maximum absolute atomic E-state index is 4.56. The molecule has 0 N–H and O–H groups in total.